The van der Waals surface area contributed by atoms with Crippen LogP contribution in [0.25, 0.3) is 5.76 Å². The summed E-state index contributed by atoms with van der Waals surface area (Å²) in [5.74, 6) is -0.954. The number of rotatable bonds is 10. The Bertz CT molecular complexity index is 1340. The lowest BCUT2D eigenvalue weighted by atomic mass is 9.95. The van der Waals surface area contributed by atoms with E-state index >= 15 is 0 Å². The molecule has 0 spiro atoms. The first-order chi connectivity index (χ1) is 18.4. The lowest BCUT2D eigenvalue weighted by Crippen LogP contribution is -2.32. The number of Topliss-reactive ketones (excluding diaryl/α,β-unsaturated/α-hetero) is 1. The molecule has 8 nitrogen and oxygen atoms in total. The summed E-state index contributed by atoms with van der Waals surface area (Å²) in [5.41, 5.74) is 1.55. The number of methoxy groups -OCH3 is 3. The molecule has 1 fully saturated rings. The fourth-order valence-corrected chi connectivity index (χ4v) is 4.28. The second-order valence-electron chi connectivity index (χ2n) is 8.54. The Labute approximate surface area is 219 Å². The molecule has 1 heterocycles. The third kappa shape index (κ3) is 5.47. The van der Waals surface area contributed by atoms with Crippen LogP contribution < -0.4 is 14.2 Å². The largest absolute Gasteiger partial charge is 0.507 e. The number of benzene rings is 3. The zero-order valence-electron chi connectivity index (χ0n) is 21.3. The summed E-state index contributed by atoms with van der Waals surface area (Å²) in [5, 5.41) is 11.4. The lowest BCUT2D eigenvalue weighted by molar-refractivity contribution is -0.140. The van der Waals surface area contributed by atoms with E-state index in [1.807, 2.05) is 0 Å². The van der Waals surface area contributed by atoms with Crippen LogP contribution in [0.3, 0.4) is 0 Å². The monoisotopic (exact) mass is 521 g/mol. The minimum atomic E-state index is -0.868. The number of carbonyl (C=O) groups excluding carboxylic acids is 2. The van der Waals surface area contributed by atoms with Crippen molar-refractivity contribution in [3.8, 4) is 17.2 Å². The Morgan fingerprint density at radius 3 is 2.24 bits per heavy atom. The maximum absolute atomic E-state index is 13.2. The third-order valence-electron chi connectivity index (χ3n) is 6.25. The SMILES string of the molecule is COCCN1C(=O)C(=O)/C(=C(/O)c2cc(OC)ccc2OC)C1c1ccc(OCc2ccc(F)cc2)cc1. The summed E-state index contributed by atoms with van der Waals surface area (Å²) in [4.78, 5) is 27.6. The Morgan fingerprint density at radius 2 is 1.61 bits per heavy atom. The minimum absolute atomic E-state index is 0.0716. The number of amides is 1. The number of hydrogen-bond donors (Lipinski definition) is 1. The van der Waals surface area contributed by atoms with Crippen LogP contribution in [-0.2, 0) is 20.9 Å². The fraction of sp³-hybridized carbons (Fsp3) is 0.241. The van der Waals surface area contributed by atoms with Gasteiger partial charge in [0.25, 0.3) is 11.7 Å². The van der Waals surface area contributed by atoms with Crippen LogP contribution in [0.2, 0.25) is 0 Å². The number of carbonyl (C=O) groups is 2. The van der Waals surface area contributed by atoms with Gasteiger partial charge in [0.15, 0.2) is 0 Å². The molecule has 3 aromatic carbocycles. The van der Waals surface area contributed by atoms with Gasteiger partial charge in [-0.1, -0.05) is 24.3 Å². The Kier molecular flexibility index (Phi) is 8.28. The van der Waals surface area contributed by atoms with Crippen molar-refractivity contribution >= 4 is 17.4 Å². The average Bonchev–Trinajstić information content (AvgIpc) is 3.20. The molecule has 1 aliphatic rings. The summed E-state index contributed by atoms with van der Waals surface area (Å²) in [6.45, 7) is 0.576. The number of nitrogens with zero attached hydrogens (tertiary/aromatic N) is 1. The minimum Gasteiger partial charge on any atom is -0.507 e. The smallest absolute Gasteiger partial charge is 0.295 e. The normalized spacial score (nSPS) is 16.5. The van der Waals surface area contributed by atoms with Gasteiger partial charge in [0.05, 0.1) is 38.0 Å². The van der Waals surface area contributed by atoms with Crippen molar-refractivity contribution in [2.75, 3.05) is 34.5 Å². The van der Waals surface area contributed by atoms with Gasteiger partial charge in [-0.25, -0.2) is 4.39 Å². The maximum Gasteiger partial charge on any atom is 0.295 e. The van der Waals surface area contributed by atoms with E-state index in [4.69, 9.17) is 18.9 Å². The molecule has 198 valence electrons. The maximum atomic E-state index is 13.2. The molecule has 1 atom stereocenters. The highest BCUT2D eigenvalue weighted by Crippen LogP contribution is 2.41. The molecule has 3 aromatic rings. The molecule has 1 saturated heterocycles. The van der Waals surface area contributed by atoms with E-state index in [9.17, 15) is 19.1 Å². The number of ether oxygens (including phenoxy) is 4. The molecule has 4 rings (SSSR count). The number of ketones is 1. The molecule has 0 bridgehead atoms. The van der Waals surface area contributed by atoms with Crippen LogP contribution in [0.15, 0.2) is 72.3 Å². The highest BCUT2D eigenvalue weighted by molar-refractivity contribution is 6.46. The molecule has 9 heteroatoms. The standard InChI is InChI=1S/C29H28FNO7/c1-35-15-14-31-26(19-6-10-21(11-7-19)38-17-18-4-8-20(30)9-5-18)25(28(33)29(31)34)27(32)23-16-22(36-2)12-13-24(23)37-3/h4-13,16,26,32H,14-15,17H2,1-3H3/b27-25+. The van der Waals surface area contributed by atoms with Gasteiger partial charge in [-0.3, -0.25) is 9.59 Å². The van der Waals surface area contributed by atoms with E-state index in [1.165, 1.54) is 38.4 Å². The zero-order valence-corrected chi connectivity index (χ0v) is 21.3. The molecule has 1 unspecified atom stereocenters. The Morgan fingerprint density at radius 1 is 0.921 bits per heavy atom. The van der Waals surface area contributed by atoms with Crippen LogP contribution >= 0.6 is 0 Å². The molecule has 1 aliphatic heterocycles. The van der Waals surface area contributed by atoms with E-state index in [0.29, 0.717) is 22.8 Å². The van der Waals surface area contributed by atoms with E-state index in [2.05, 4.69) is 0 Å². The van der Waals surface area contributed by atoms with Gasteiger partial charge in [0, 0.05) is 13.7 Å². The number of aliphatic hydroxyl groups is 1. The lowest BCUT2D eigenvalue weighted by Gasteiger charge is -2.25. The van der Waals surface area contributed by atoms with Crippen molar-refractivity contribution in [2.45, 2.75) is 12.6 Å². The average molecular weight is 522 g/mol. The summed E-state index contributed by atoms with van der Waals surface area (Å²) in [7, 11) is 4.42. The Balaban J connectivity index is 1.71. The second kappa shape index (κ2) is 11.8. The molecule has 1 amide bonds. The molecule has 1 N–H and O–H groups in total. The van der Waals surface area contributed by atoms with Crippen molar-refractivity contribution < 1.29 is 38.0 Å². The van der Waals surface area contributed by atoms with Gasteiger partial charge < -0.3 is 29.0 Å². The van der Waals surface area contributed by atoms with Crippen molar-refractivity contribution in [3.63, 3.8) is 0 Å². The molecule has 0 radical (unpaired) electrons. The number of hydrogen-bond acceptors (Lipinski definition) is 7. The van der Waals surface area contributed by atoms with Gasteiger partial charge in [-0.2, -0.15) is 0 Å². The van der Waals surface area contributed by atoms with Gasteiger partial charge in [0.1, 0.15) is 35.4 Å². The first kappa shape index (κ1) is 26.7. The first-order valence-corrected chi connectivity index (χ1v) is 11.8. The number of halogens is 1. The third-order valence-corrected chi connectivity index (χ3v) is 6.25. The van der Waals surface area contributed by atoms with Crippen LogP contribution in [0, 0.1) is 5.82 Å². The van der Waals surface area contributed by atoms with Crippen molar-refractivity contribution in [3.05, 3.63) is 94.8 Å². The summed E-state index contributed by atoms with van der Waals surface area (Å²) in [6.07, 6.45) is 0. The molecular formula is C29H28FNO7. The predicted octanol–water partition coefficient (Wildman–Crippen LogP) is 4.49. The molecule has 38 heavy (non-hydrogen) atoms. The summed E-state index contributed by atoms with van der Waals surface area (Å²) in [6, 6.07) is 16.8. The molecule has 0 aromatic heterocycles. The van der Waals surface area contributed by atoms with Crippen molar-refractivity contribution in [1.82, 2.24) is 4.90 Å². The Hall–Kier alpha value is -4.37. The second-order valence-corrected chi connectivity index (χ2v) is 8.54. The summed E-state index contributed by atoms with van der Waals surface area (Å²) < 4.78 is 34.8. The van der Waals surface area contributed by atoms with E-state index in [1.54, 1.807) is 54.6 Å². The van der Waals surface area contributed by atoms with E-state index < -0.39 is 17.7 Å². The van der Waals surface area contributed by atoms with Gasteiger partial charge in [-0.05, 0) is 53.6 Å². The van der Waals surface area contributed by atoms with Gasteiger partial charge in [-0.15, -0.1) is 0 Å². The van der Waals surface area contributed by atoms with E-state index in [0.717, 1.165) is 5.56 Å². The highest BCUT2D eigenvalue weighted by atomic mass is 19.1. The number of aliphatic hydroxyl groups excluding tert-OH is 1. The van der Waals surface area contributed by atoms with Gasteiger partial charge in [0.2, 0.25) is 0 Å². The van der Waals surface area contributed by atoms with Crippen LogP contribution in [0.5, 0.6) is 17.2 Å². The van der Waals surface area contributed by atoms with Gasteiger partial charge >= 0.3 is 0 Å². The molecule has 0 aliphatic carbocycles. The molecular weight excluding hydrogens is 493 g/mol. The first-order valence-electron chi connectivity index (χ1n) is 11.8. The van der Waals surface area contributed by atoms with Crippen molar-refractivity contribution in [1.29, 1.82) is 0 Å². The molecule has 0 saturated carbocycles. The number of likely N-dealkylation sites (tertiary alicyclic amines) is 1. The van der Waals surface area contributed by atoms with E-state index in [-0.39, 0.29) is 42.5 Å². The van der Waals surface area contributed by atoms with Crippen LogP contribution in [0.4, 0.5) is 4.39 Å². The zero-order chi connectivity index (χ0) is 27.2. The predicted molar refractivity (Wildman–Crippen MR) is 138 cm³/mol. The summed E-state index contributed by atoms with van der Waals surface area (Å²) >= 11 is 0. The fourth-order valence-electron chi connectivity index (χ4n) is 4.28. The van der Waals surface area contributed by atoms with Crippen molar-refractivity contribution in [2.24, 2.45) is 0 Å². The topological polar surface area (TPSA) is 94.5 Å². The van der Waals surface area contributed by atoms with Crippen LogP contribution in [0.1, 0.15) is 22.7 Å². The highest BCUT2D eigenvalue weighted by Gasteiger charge is 2.46. The quantitative estimate of drug-likeness (QED) is 0.239. The van der Waals surface area contributed by atoms with Crippen LogP contribution in [-0.4, -0.2) is 56.2 Å².